The van der Waals surface area contributed by atoms with E-state index in [1.807, 2.05) is 0 Å². The minimum atomic E-state index is -1.18. The number of carboxylic acids is 1. The van der Waals surface area contributed by atoms with Gasteiger partial charge in [0.05, 0.1) is 12.1 Å². The lowest BCUT2D eigenvalue weighted by molar-refractivity contribution is -0.118. The average molecular weight is 360 g/mol. The normalized spacial score (nSPS) is 25.3. The molecular weight excluding hydrogens is 335 g/mol. The number of hydrogen-bond donors (Lipinski definition) is 4. The number of carboxylic acid groups (broad SMARTS) is 1. The van der Waals surface area contributed by atoms with Crippen molar-refractivity contribution in [2.24, 2.45) is 5.73 Å². The molecule has 2 aliphatic rings. The van der Waals surface area contributed by atoms with Gasteiger partial charge in [0, 0.05) is 24.3 Å². The number of carbonyl (C=O) groups excluding carboxylic acids is 1. The van der Waals surface area contributed by atoms with E-state index in [1.165, 1.54) is 6.07 Å². The van der Waals surface area contributed by atoms with Gasteiger partial charge in [0.1, 0.15) is 11.5 Å². The fourth-order valence-corrected chi connectivity index (χ4v) is 3.77. The van der Waals surface area contributed by atoms with Crippen molar-refractivity contribution in [3.63, 3.8) is 0 Å². The molecule has 0 unspecified atom stereocenters. The summed E-state index contributed by atoms with van der Waals surface area (Å²) in [5.41, 5.74) is 6.63. The first kappa shape index (κ1) is 18.9. The molecule has 1 aliphatic carbocycles. The Hall–Kier alpha value is -1.90. The molecule has 5 N–H and O–H groups in total. The van der Waals surface area contributed by atoms with Crippen LogP contribution in [0.1, 0.15) is 48.0 Å². The number of Topliss-reactive ketones (excluding diaryl/α,β-unsaturated/α-hetero) is 1. The Morgan fingerprint density at radius 3 is 2.69 bits per heavy atom. The molecule has 0 amide bonds. The third-order valence-corrected chi connectivity index (χ3v) is 5.30. The van der Waals surface area contributed by atoms with Crippen LogP contribution in [-0.4, -0.2) is 47.6 Å². The van der Waals surface area contributed by atoms with Crippen molar-refractivity contribution in [1.29, 1.82) is 0 Å². The van der Waals surface area contributed by atoms with Crippen LogP contribution in [0.15, 0.2) is 18.2 Å². The Morgan fingerprint density at radius 1 is 1.27 bits per heavy atom. The summed E-state index contributed by atoms with van der Waals surface area (Å²) in [6.07, 6.45) is 4.52. The number of aromatic carboxylic acids is 1. The first-order chi connectivity index (χ1) is 12.4. The number of rotatable bonds is 6. The van der Waals surface area contributed by atoms with Gasteiger partial charge in [-0.05, 0) is 43.7 Å². The van der Waals surface area contributed by atoms with E-state index in [2.05, 4.69) is 5.32 Å². The minimum Gasteiger partial charge on any atom is -0.535 e. The summed E-state index contributed by atoms with van der Waals surface area (Å²) in [6.45, 7) is 0.269. The topological polar surface area (TPSA) is 122 Å². The number of hydrogen-bond acceptors (Lipinski definition) is 6. The molecule has 1 aromatic rings. The van der Waals surface area contributed by atoms with Gasteiger partial charge in [-0.1, -0.05) is 12.1 Å². The highest BCUT2D eigenvalue weighted by Crippen LogP contribution is 2.36. The van der Waals surface area contributed by atoms with Crippen LogP contribution in [0.4, 0.5) is 0 Å². The van der Waals surface area contributed by atoms with Crippen molar-refractivity contribution in [1.82, 2.24) is 5.32 Å². The fraction of sp³-hybridized carbons (Fsp3) is 0.556. The van der Waals surface area contributed by atoms with E-state index < -0.39 is 13.1 Å². The van der Waals surface area contributed by atoms with Crippen LogP contribution in [-0.2, 0) is 11.2 Å². The second-order valence-corrected chi connectivity index (χ2v) is 7.31. The molecule has 3 rings (SSSR count). The lowest BCUT2D eigenvalue weighted by Gasteiger charge is -2.29. The summed E-state index contributed by atoms with van der Waals surface area (Å²) in [6, 6.07) is 5.46. The van der Waals surface area contributed by atoms with Gasteiger partial charge in [0.15, 0.2) is 0 Å². The van der Waals surface area contributed by atoms with Crippen LogP contribution in [0.5, 0.6) is 5.75 Å². The van der Waals surface area contributed by atoms with E-state index in [0.29, 0.717) is 18.0 Å². The molecule has 1 aliphatic heterocycles. The second-order valence-electron chi connectivity index (χ2n) is 7.31. The molecule has 1 saturated carbocycles. The fourth-order valence-electron chi connectivity index (χ4n) is 3.77. The zero-order chi connectivity index (χ0) is 18.7. The highest BCUT2D eigenvalue weighted by atomic mass is 16.5. The van der Waals surface area contributed by atoms with Crippen LogP contribution >= 0.6 is 0 Å². The molecule has 140 valence electrons. The van der Waals surface area contributed by atoms with Gasteiger partial charge in [-0.3, -0.25) is 4.79 Å². The first-order valence-corrected chi connectivity index (χ1v) is 9.14. The first-order valence-electron chi connectivity index (χ1n) is 9.14. The third-order valence-electron chi connectivity index (χ3n) is 5.30. The molecule has 0 aromatic heterocycles. The highest BCUT2D eigenvalue weighted by molar-refractivity contribution is 6.47. The quantitative estimate of drug-likeness (QED) is 0.558. The Labute approximate surface area is 153 Å². The number of benzene rings is 1. The van der Waals surface area contributed by atoms with E-state index in [-0.39, 0.29) is 41.9 Å². The van der Waals surface area contributed by atoms with Gasteiger partial charge in [-0.2, -0.15) is 0 Å². The highest BCUT2D eigenvalue weighted by Gasteiger charge is 2.37. The maximum absolute atomic E-state index is 12.3. The third kappa shape index (κ3) is 4.44. The standard InChI is InChI=1S/C18H25BN2O5/c20-13-4-6-14(7-5-13)21-10-15(22)9-12-8-11-2-1-3-16(18(23)24)17(11)26-19(12)25/h1-3,12-14,21,25H,4-10,20H2,(H,23,24)/t12-,13?,14?/m1/s1. The molecule has 26 heavy (non-hydrogen) atoms. The van der Waals surface area contributed by atoms with Crippen molar-refractivity contribution in [3.05, 3.63) is 29.3 Å². The molecule has 1 heterocycles. The van der Waals surface area contributed by atoms with Crippen molar-refractivity contribution in [3.8, 4) is 5.75 Å². The van der Waals surface area contributed by atoms with E-state index in [1.54, 1.807) is 12.1 Å². The summed E-state index contributed by atoms with van der Waals surface area (Å²) in [7, 11) is -1.18. The molecule has 0 spiro atoms. The Bertz CT molecular complexity index is 676. The number of ketones is 1. The Balaban J connectivity index is 1.54. The minimum absolute atomic E-state index is 0.0189. The Kier molecular flexibility index (Phi) is 5.96. The van der Waals surface area contributed by atoms with E-state index >= 15 is 0 Å². The zero-order valence-corrected chi connectivity index (χ0v) is 14.7. The summed E-state index contributed by atoms with van der Waals surface area (Å²) in [5, 5.41) is 22.7. The Morgan fingerprint density at radius 2 is 2.00 bits per heavy atom. The second kappa shape index (κ2) is 8.20. The summed E-state index contributed by atoms with van der Waals surface area (Å²) in [4.78, 5) is 23.6. The zero-order valence-electron chi connectivity index (χ0n) is 14.7. The number of carbonyl (C=O) groups is 2. The van der Waals surface area contributed by atoms with Gasteiger partial charge in [-0.15, -0.1) is 0 Å². The predicted molar refractivity (Wildman–Crippen MR) is 97.3 cm³/mol. The van der Waals surface area contributed by atoms with E-state index in [9.17, 15) is 19.7 Å². The lowest BCUT2D eigenvalue weighted by atomic mass is 9.64. The van der Waals surface area contributed by atoms with Crippen molar-refractivity contribution < 1.29 is 24.4 Å². The molecule has 0 saturated heterocycles. The molecule has 1 aromatic carbocycles. The number of para-hydroxylation sites is 1. The van der Waals surface area contributed by atoms with E-state index in [4.69, 9.17) is 10.4 Å². The summed E-state index contributed by atoms with van der Waals surface area (Å²) in [5.74, 6) is -1.25. The van der Waals surface area contributed by atoms with Crippen molar-refractivity contribution >= 4 is 18.9 Å². The molecule has 0 radical (unpaired) electrons. The molecular formula is C18H25BN2O5. The van der Waals surface area contributed by atoms with Crippen LogP contribution in [0.2, 0.25) is 5.82 Å². The maximum atomic E-state index is 12.3. The summed E-state index contributed by atoms with van der Waals surface area (Å²) < 4.78 is 5.43. The van der Waals surface area contributed by atoms with Gasteiger partial charge in [0.2, 0.25) is 0 Å². The predicted octanol–water partition coefficient (Wildman–Crippen LogP) is 0.989. The number of nitrogens with two attached hydrogens (primary N) is 1. The smallest absolute Gasteiger partial charge is 0.526 e. The molecule has 7 nitrogen and oxygen atoms in total. The van der Waals surface area contributed by atoms with Crippen LogP contribution in [0.25, 0.3) is 0 Å². The lowest BCUT2D eigenvalue weighted by Crippen LogP contribution is -2.41. The van der Waals surface area contributed by atoms with Crippen LogP contribution in [0.3, 0.4) is 0 Å². The van der Waals surface area contributed by atoms with Gasteiger partial charge < -0.3 is 25.8 Å². The van der Waals surface area contributed by atoms with Crippen LogP contribution in [0, 0.1) is 0 Å². The van der Waals surface area contributed by atoms with E-state index in [0.717, 1.165) is 25.7 Å². The average Bonchev–Trinajstić information content (AvgIpc) is 2.61. The largest absolute Gasteiger partial charge is 0.535 e. The molecule has 1 fully saturated rings. The summed E-state index contributed by atoms with van der Waals surface area (Å²) >= 11 is 0. The number of fused-ring (bicyclic) bond motifs is 1. The molecule has 8 heteroatoms. The number of nitrogens with one attached hydrogen (secondary N) is 1. The monoisotopic (exact) mass is 360 g/mol. The molecule has 1 atom stereocenters. The van der Waals surface area contributed by atoms with Crippen molar-refractivity contribution in [2.75, 3.05) is 6.54 Å². The van der Waals surface area contributed by atoms with Crippen molar-refractivity contribution in [2.45, 2.75) is 56.4 Å². The van der Waals surface area contributed by atoms with Gasteiger partial charge in [-0.25, -0.2) is 4.79 Å². The van der Waals surface area contributed by atoms with Crippen LogP contribution < -0.4 is 15.7 Å². The van der Waals surface area contributed by atoms with Gasteiger partial charge in [0.25, 0.3) is 0 Å². The maximum Gasteiger partial charge on any atom is 0.526 e. The molecule has 0 bridgehead atoms. The van der Waals surface area contributed by atoms with Gasteiger partial charge >= 0.3 is 13.1 Å². The SMILES string of the molecule is NC1CCC(NCC(=O)C[C@H]2Cc3cccc(C(=O)O)c3OB2O)CC1.